The second-order valence-electron chi connectivity index (χ2n) is 5.21. The van der Waals surface area contributed by atoms with Crippen LogP contribution in [0, 0.1) is 6.92 Å². The van der Waals surface area contributed by atoms with Gasteiger partial charge in [0.05, 0.1) is 6.42 Å². The van der Waals surface area contributed by atoms with Gasteiger partial charge in [-0.25, -0.2) is 4.79 Å². The van der Waals surface area contributed by atoms with Gasteiger partial charge >= 0.3 is 5.97 Å². The molecule has 3 aromatic rings. The van der Waals surface area contributed by atoms with Crippen LogP contribution >= 0.6 is 22.7 Å². The van der Waals surface area contributed by atoms with Gasteiger partial charge < -0.3 is 10.4 Å². The zero-order chi connectivity index (χ0) is 17.1. The second kappa shape index (κ2) is 6.98. The maximum absolute atomic E-state index is 12.2. The number of thiophene rings is 2. The molecule has 0 fully saturated rings. The molecule has 2 aromatic heterocycles. The Hall–Kier alpha value is -2.44. The number of aryl methyl sites for hydroxylation is 1. The van der Waals surface area contributed by atoms with E-state index in [2.05, 4.69) is 5.32 Å². The minimum atomic E-state index is -1.04. The van der Waals surface area contributed by atoms with Gasteiger partial charge in [-0.15, -0.1) is 22.7 Å². The molecule has 3 rings (SSSR count). The summed E-state index contributed by atoms with van der Waals surface area (Å²) >= 11 is 2.80. The summed E-state index contributed by atoms with van der Waals surface area (Å²) in [5.41, 5.74) is 1.66. The van der Waals surface area contributed by atoms with Crippen LogP contribution in [0.5, 0.6) is 0 Å². The average Bonchev–Trinajstić information content (AvgIpc) is 3.15. The normalized spacial score (nSPS) is 10.5. The monoisotopic (exact) mass is 357 g/mol. The van der Waals surface area contributed by atoms with E-state index < -0.39 is 5.97 Å². The van der Waals surface area contributed by atoms with Crippen LogP contribution in [0.1, 0.15) is 20.1 Å². The third-order valence-electron chi connectivity index (χ3n) is 3.53. The highest BCUT2D eigenvalue weighted by molar-refractivity contribution is 7.17. The Bertz CT molecular complexity index is 867. The van der Waals surface area contributed by atoms with Gasteiger partial charge in [-0.1, -0.05) is 36.4 Å². The molecule has 0 saturated heterocycles. The highest BCUT2D eigenvalue weighted by atomic mass is 32.1. The van der Waals surface area contributed by atoms with E-state index in [0.29, 0.717) is 10.6 Å². The number of hydrogen-bond donors (Lipinski definition) is 2. The first kappa shape index (κ1) is 16.4. The number of amides is 1. The van der Waals surface area contributed by atoms with Crippen molar-refractivity contribution in [3.05, 3.63) is 63.2 Å². The number of carbonyl (C=O) groups is 2. The standard InChI is InChI=1S/C18H15NO3S2/c1-11-15(12-6-3-2-4-7-12)16(18(21)22)17(24-11)19-14(20)10-13-8-5-9-23-13/h2-9H,10H2,1H3,(H,19,20)(H,21,22). The van der Waals surface area contributed by atoms with Gasteiger partial charge in [0.15, 0.2) is 0 Å². The highest BCUT2D eigenvalue weighted by Gasteiger charge is 2.23. The van der Waals surface area contributed by atoms with Gasteiger partial charge in [0.25, 0.3) is 0 Å². The second-order valence-corrected chi connectivity index (χ2v) is 7.47. The van der Waals surface area contributed by atoms with Crippen LogP contribution < -0.4 is 5.32 Å². The van der Waals surface area contributed by atoms with Crippen LogP contribution in [0.2, 0.25) is 0 Å². The number of nitrogens with one attached hydrogen (secondary N) is 1. The summed E-state index contributed by atoms with van der Waals surface area (Å²) in [6, 6.07) is 13.1. The topological polar surface area (TPSA) is 66.4 Å². The quantitative estimate of drug-likeness (QED) is 0.698. The number of benzene rings is 1. The number of carboxylic acid groups (broad SMARTS) is 1. The Morgan fingerprint density at radius 3 is 2.50 bits per heavy atom. The van der Waals surface area contributed by atoms with E-state index in [9.17, 15) is 14.7 Å². The van der Waals surface area contributed by atoms with Gasteiger partial charge in [-0.05, 0) is 23.9 Å². The van der Waals surface area contributed by atoms with Gasteiger partial charge in [-0.3, -0.25) is 4.79 Å². The fourth-order valence-electron chi connectivity index (χ4n) is 2.53. The summed E-state index contributed by atoms with van der Waals surface area (Å²) in [6.07, 6.45) is 0.244. The van der Waals surface area contributed by atoms with E-state index in [4.69, 9.17) is 0 Å². The van der Waals surface area contributed by atoms with Crippen molar-refractivity contribution in [1.82, 2.24) is 0 Å². The van der Waals surface area contributed by atoms with Crippen molar-refractivity contribution in [2.75, 3.05) is 5.32 Å². The van der Waals surface area contributed by atoms with Crippen molar-refractivity contribution >= 4 is 39.6 Å². The highest BCUT2D eigenvalue weighted by Crippen LogP contribution is 2.39. The zero-order valence-corrected chi connectivity index (χ0v) is 14.5. The number of aromatic carboxylic acids is 1. The first-order valence-electron chi connectivity index (χ1n) is 7.30. The predicted octanol–water partition coefficient (Wildman–Crippen LogP) is 4.66. The van der Waals surface area contributed by atoms with E-state index in [-0.39, 0.29) is 17.9 Å². The lowest BCUT2D eigenvalue weighted by Gasteiger charge is -2.06. The SMILES string of the molecule is Cc1sc(NC(=O)Cc2cccs2)c(C(=O)O)c1-c1ccccc1. The van der Waals surface area contributed by atoms with Crippen LogP contribution in [-0.4, -0.2) is 17.0 Å². The molecule has 24 heavy (non-hydrogen) atoms. The summed E-state index contributed by atoms with van der Waals surface area (Å²) < 4.78 is 0. The number of carboxylic acids is 1. The lowest BCUT2D eigenvalue weighted by atomic mass is 10.0. The molecule has 0 aliphatic heterocycles. The third-order valence-corrected chi connectivity index (χ3v) is 5.43. The summed E-state index contributed by atoms with van der Waals surface area (Å²) in [5, 5.41) is 14.7. The van der Waals surface area contributed by atoms with Crippen molar-refractivity contribution in [3.63, 3.8) is 0 Å². The smallest absolute Gasteiger partial charge is 0.339 e. The molecule has 0 saturated carbocycles. The van der Waals surface area contributed by atoms with Crippen LogP contribution in [0.25, 0.3) is 11.1 Å². The summed E-state index contributed by atoms with van der Waals surface area (Å²) in [7, 11) is 0. The predicted molar refractivity (Wildman–Crippen MR) is 98.1 cm³/mol. The summed E-state index contributed by atoms with van der Waals surface area (Å²) in [4.78, 5) is 25.8. The van der Waals surface area contributed by atoms with Crippen LogP contribution in [-0.2, 0) is 11.2 Å². The van der Waals surface area contributed by atoms with Gasteiger partial charge in [-0.2, -0.15) is 0 Å². The largest absolute Gasteiger partial charge is 0.478 e. The Kier molecular flexibility index (Phi) is 4.78. The third kappa shape index (κ3) is 3.39. The maximum atomic E-state index is 12.2. The fraction of sp³-hybridized carbons (Fsp3) is 0.111. The number of hydrogen-bond acceptors (Lipinski definition) is 4. The molecule has 0 aliphatic carbocycles. The van der Waals surface area contributed by atoms with Crippen molar-refractivity contribution in [2.24, 2.45) is 0 Å². The summed E-state index contributed by atoms with van der Waals surface area (Å²) in [5.74, 6) is -1.24. The first-order chi connectivity index (χ1) is 11.6. The number of carbonyl (C=O) groups excluding carboxylic acids is 1. The van der Waals surface area contributed by atoms with E-state index in [1.54, 1.807) is 0 Å². The molecule has 0 spiro atoms. The molecule has 2 N–H and O–H groups in total. The lowest BCUT2D eigenvalue weighted by Crippen LogP contribution is -2.15. The van der Waals surface area contributed by atoms with Crippen LogP contribution in [0.4, 0.5) is 5.00 Å². The Morgan fingerprint density at radius 2 is 1.88 bits per heavy atom. The van der Waals surface area contributed by atoms with Gasteiger partial charge in [0.2, 0.25) is 5.91 Å². The molecule has 1 amide bonds. The fourth-order valence-corrected chi connectivity index (χ4v) is 4.32. The maximum Gasteiger partial charge on any atom is 0.339 e. The number of anilines is 1. The van der Waals surface area contributed by atoms with Crippen molar-refractivity contribution in [1.29, 1.82) is 0 Å². The Morgan fingerprint density at radius 1 is 1.12 bits per heavy atom. The van der Waals surface area contributed by atoms with Crippen molar-refractivity contribution in [3.8, 4) is 11.1 Å². The molecule has 0 bridgehead atoms. The molecule has 2 heterocycles. The Labute approximate surface area is 147 Å². The Balaban J connectivity index is 1.94. The zero-order valence-electron chi connectivity index (χ0n) is 12.9. The first-order valence-corrected chi connectivity index (χ1v) is 9.00. The van der Waals surface area contributed by atoms with Crippen LogP contribution in [0.3, 0.4) is 0 Å². The van der Waals surface area contributed by atoms with Crippen molar-refractivity contribution in [2.45, 2.75) is 13.3 Å². The minimum absolute atomic E-state index is 0.156. The molecule has 122 valence electrons. The van der Waals surface area contributed by atoms with E-state index in [1.807, 2.05) is 54.8 Å². The molecule has 0 atom stereocenters. The average molecular weight is 357 g/mol. The molecule has 0 radical (unpaired) electrons. The van der Waals surface area contributed by atoms with Crippen LogP contribution in [0.15, 0.2) is 47.8 Å². The lowest BCUT2D eigenvalue weighted by molar-refractivity contribution is -0.115. The van der Waals surface area contributed by atoms with E-state index >= 15 is 0 Å². The van der Waals surface area contributed by atoms with Gasteiger partial charge in [0.1, 0.15) is 10.6 Å². The minimum Gasteiger partial charge on any atom is -0.478 e. The molecular formula is C18H15NO3S2. The van der Waals surface area contributed by atoms with Crippen molar-refractivity contribution < 1.29 is 14.7 Å². The summed E-state index contributed by atoms with van der Waals surface area (Å²) in [6.45, 7) is 1.87. The molecule has 0 aliphatic rings. The molecule has 1 aromatic carbocycles. The number of rotatable bonds is 5. The molecule has 6 heteroatoms. The van der Waals surface area contributed by atoms with E-state index in [0.717, 1.165) is 15.3 Å². The molecule has 0 unspecified atom stereocenters. The van der Waals surface area contributed by atoms with Gasteiger partial charge in [0, 0.05) is 15.3 Å². The van der Waals surface area contributed by atoms with E-state index in [1.165, 1.54) is 22.7 Å². The molecular weight excluding hydrogens is 342 g/mol. The molecule has 4 nitrogen and oxygen atoms in total.